The average molecular weight is 333 g/mol. The highest BCUT2D eigenvalue weighted by Crippen LogP contribution is 2.52. The zero-order valence-electron chi connectivity index (χ0n) is 12.6. The summed E-state index contributed by atoms with van der Waals surface area (Å²) in [7, 11) is 1.35. The lowest BCUT2D eigenvalue weighted by atomic mass is 9.65. The van der Waals surface area contributed by atoms with E-state index in [1.165, 1.54) is 19.2 Å². The highest BCUT2D eigenvalue weighted by molar-refractivity contribution is 6.31. The summed E-state index contributed by atoms with van der Waals surface area (Å²) in [6.45, 7) is 0. The topological polar surface area (TPSA) is 66.8 Å². The molecule has 0 heterocycles. The molecule has 1 fully saturated rings. The third-order valence-electron chi connectivity index (χ3n) is 4.43. The number of hydrogen-bond acceptors (Lipinski definition) is 4. The summed E-state index contributed by atoms with van der Waals surface area (Å²) in [6.07, 6.45) is 1.10. The van der Waals surface area contributed by atoms with Crippen LogP contribution in [-0.4, -0.2) is 23.3 Å². The second-order valence-electron chi connectivity index (χ2n) is 5.91. The molecule has 2 N–H and O–H groups in total. The van der Waals surface area contributed by atoms with Crippen LogP contribution in [0.1, 0.15) is 40.2 Å². The molecular weight excluding hydrogens is 316 g/mol. The summed E-state index contributed by atoms with van der Waals surface area (Å²) < 4.78 is 4.68. The lowest BCUT2D eigenvalue weighted by Gasteiger charge is -2.44. The van der Waals surface area contributed by atoms with Crippen molar-refractivity contribution in [3.63, 3.8) is 0 Å². The molecular formula is C18H17ClO4. The van der Waals surface area contributed by atoms with Gasteiger partial charge >= 0.3 is 5.97 Å². The van der Waals surface area contributed by atoms with E-state index < -0.39 is 5.60 Å². The van der Waals surface area contributed by atoms with Crippen LogP contribution in [-0.2, 0) is 10.3 Å². The van der Waals surface area contributed by atoms with Crippen LogP contribution in [0.25, 0.3) is 0 Å². The second-order valence-corrected chi connectivity index (χ2v) is 6.32. The Morgan fingerprint density at radius 1 is 1.22 bits per heavy atom. The van der Waals surface area contributed by atoms with Gasteiger partial charge in [0.2, 0.25) is 0 Å². The Kier molecular flexibility index (Phi) is 4.04. The minimum absolute atomic E-state index is 0.0802. The Morgan fingerprint density at radius 2 is 1.87 bits per heavy atom. The first-order valence-corrected chi connectivity index (χ1v) is 7.70. The van der Waals surface area contributed by atoms with Crippen molar-refractivity contribution >= 4 is 17.6 Å². The van der Waals surface area contributed by atoms with Gasteiger partial charge in [-0.2, -0.15) is 0 Å². The number of aromatic hydroxyl groups is 1. The Balaban J connectivity index is 1.74. The van der Waals surface area contributed by atoms with Crippen molar-refractivity contribution in [2.75, 3.05) is 7.11 Å². The Morgan fingerprint density at radius 3 is 2.43 bits per heavy atom. The van der Waals surface area contributed by atoms with Gasteiger partial charge in [-0.15, -0.1) is 0 Å². The zero-order chi connectivity index (χ0) is 16.6. The van der Waals surface area contributed by atoms with Gasteiger partial charge < -0.3 is 14.9 Å². The monoisotopic (exact) mass is 332 g/mol. The van der Waals surface area contributed by atoms with Crippen molar-refractivity contribution in [2.24, 2.45) is 0 Å². The average Bonchev–Trinajstić information content (AvgIpc) is 2.51. The normalized spacial score (nSPS) is 23.2. The molecule has 0 aliphatic heterocycles. The van der Waals surface area contributed by atoms with Crippen molar-refractivity contribution in [2.45, 2.75) is 24.4 Å². The standard InChI is InChI=1S/C18H17ClO4/c1-23-17(21)12-4-2-11(3-5-12)13-9-18(22,10-13)15-7-6-14(20)8-16(15)19/h2-8,13,20,22H,9-10H2,1H3. The van der Waals surface area contributed by atoms with Crippen LogP contribution in [0.3, 0.4) is 0 Å². The van der Waals surface area contributed by atoms with Gasteiger partial charge in [0, 0.05) is 5.56 Å². The third-order valence-corrected chi connectivity index (χ3v) is 4.74. The lowest BCUT2D eigenvalue weighted by molar-refractivity contribution is -0.0549. The highest BCUT2D eigenvalue weighted by atomic mass is 35.5. The quantitative estimate of drug-likeness (QED) is 0.843. The Hall–Kier alpha value is -2.04. The first-order valence-electron chi connectivity index (χ1n) is 7.32. The van der Waals surface area contributed by atoms with Gasteiger partial charge in [0.15, 0.2) is 0 Å². The molecule has 2 aromatic carbocycles. The van der Waals surface area contributed by atoms with E-state index in [0.29, 0.717) is 29.0 Å². The summed E-state index contributed by atoms with van der Waals surface area (Å²) in [6, 6.07) is 11.8. The van der Waals surface area contributed by atoms with Crippen LogP contribution >= 0.6 is 11.6 Å². The molecule has 3 rings (SSSR count). The summed E-state index contributed by atoms with van der Waals surface area (Å²) in [5.41, 5.74) is 1.24. The molecule has 120 valence electrons. The van der Waals surface area contributed by atoms with Crippen LogP contribution in [0.2, 0.25) is 5.02 Å². The van der Waals surface area contributed by atoms with E-state index in [0.717, 1.165) is 5.56 Å². The van der Waals surface area contributed by atoms with Gasteiger partial charge in [-0.3, -0.25) is 0 Å². The summed E-state index contributed by atoms with van der Waals surface area (Å²) in [5, 5.41) is 20.5. The number of methoxy groups -OCH3 is 1. The third kappa shape index (κ3) is 2.92. The van der Waals surface area contributed by atoms with Crippen molar-refractivity contribution in [3.8, 4) is 5.75 Å². The number of phenolic OH excluding ortho intramolecular Hbond substituents is 1. The van der Waals surface area contributed by atoms with Crippen LogP contribution in [0.5, 0.6) is 5.75 Å². The highest BCUT2D eigenvalue weighted by Gasteiger charge is 2.45. The van der Waals surface area contributed by atoms with E-state index >= 15 is 0 Å². The number of ether oxygens (including phenoxy) is 1. The fourth-order valence-corrected chi connectivity index (χ4v) is 3.45. The Labute approximate surface area is 139 Å². The molecule has 2 aromatic rings. The minimum Gasteiger partial charge on any atom is -0.508 e. The summed E-state index contributed by atoms with van der Waals surface area (Å²) in [5.74, 6) is -0.0780. The number of carbonyl (C=O) groups excluding carboxylic acids is 1. The van der Waals surface area contributed by atoms with Crippen molar-refractivity contribution < 1.29 is 19.7 Å². The summed E-state index contributed by atoms with van der Waals surface area (Å²) in [4.78, 5) is 11.4. The molecule has 1 aliphatic carbocycles. The molecule has 5 heteroatoms. The van der Waals surface area contributed by atoms with E-state index in [2.05, 4.69) is 4.74 Å². The van der Waals surface area contributed by atoms with Gasteiger partial charge in [0.05, 0.1) is 23.3 Å². The molecule has 0 aromatic heterocycles. The van der Waals surface area contributed by atoms with Gasteiger partial charge in [0.25, 0.3) is 0 Å². The van der Waals surface area contributed by atoms with Gasteiger partial charge in [0.1, 0.15) is 5.75 Å². The SMILES string of the molecule is COC(=O)c1ccc(C2CC(O)(c3ccc(O)cc3Cl)C2)cc1. The van der Waals surface area contributed by atoms with E-state index in [9.17, 15) is 15.0 Å². The molecule has 0 radical (unpaired) electrons. The first-order chi connectivity index (χ1) is 10.9. The van der Waals surface area contributed by atoms with Gasteiger partial charge in [-0.05, 0) is 48.6 Å². The molecule has 23 heavy (non-hydrogen) atoms. The number of phenols is 1. The number of aliphatic hydroxyl groups is 1. The zero-order valence-corrected chi connectivity index (χ0v) is 13.4. The molecule has 4 nitrogen and oxygen atoms in total. The number of hydrogen-bond donors (Lipinski definition) is 2. The van der Waals surface area contributed by atoms with Crippen LogP contribution in [0, 0.1) is 0 Å². The van der Waals surface area contributed by atoms with Crippen molar-refractivity contribution in [3.05, 3.63) is 64.2 Å². The van der Waals surface area contributed by atoms with E-state index in [1.54, 1.807) is 18.2 Å². The van der Waals surface area contributed by atoms with Crippen LogP contribution in [0.15, 0.2) is 42.5 Å². The maximum atomic E-state index is 11.4. The fourth-order valence-electron chi connectivity index (χ4n) is 3.10. The lowest BCUT2D eigenvalue weighted by Crippen LogP contribution is -2.40. The molecule has 0 saturated heterocycles. The molecule has 1 aliphatic rings. The predicted molar refractivity (Wildman–Crippen MR) is 86.8 cm³/mol. The van der Waals surface area contributed by atoms with E-state index in [4.69, 9.17) is 11.6 Å². The molecule has 0 spiro atoms. The number of halogens is 1. The fraction of sp³-hybridized carbons (Fsp3) is 0.278. The Bertz CT molecular complexity index is 733. The molecule has 0 unspecified atom stereocenters. The van der Waals surface area contributed by atoms with E-state index in [-0.39, 0.29) is 17.6 Å². The molecule has 0 bridgehead atoms. The predicted octanol–water partition coefficient (Wildman–Crippen LogP) is 3.60. The maximum absolute atomic E-state index is 11.4. The second kappa shape index (κ2) is 5.87. The number of carbonyl (C=O) groups is 1. The van der Waals surface area contributed by atoms with Gasteiger partial charge in [-0.1, -0.05) is 29.8 Å². The number of benzene rings is 2. The first kappa shape index (κ1) is 15.8. The van der Waals surface area contributed by atoms with Crippen LogP contribution < -0.4 is 0 Å². The van der Waals surface area contributed by atoms with Crippen LogP contribution in [0.4, 0.5) is 0 Å². The minimum atomic E-state index is -0.976. The number of esters is 1. The largest absolute Gasteiger partial charge is 0.508 e. The smallest absolute Gasteiger partial charge is 0.337 e. The maximum Gasteiger partial charge on any atom is 0.337 e. The summed E-state index contributed by atoms with van der Waals surface area (Å²) >= 11 is 6.12. The molecule has 1 saturated carbocycles. The van der Waals surface area contributed by atoms with Crippen molar-refractivity contribution in [1.82, 2.24) is 0 Å². The molecule has 0 amide bonds. The number of rotatable bonds is 3. The van der Waals surface area contributed by atoms with E-state index in [1.807, 2.05) is 12.1 Å². The van der Waals surface area contributed by atoms with Gasteiger partial charge in [-0.25, -0.2) is 4.79 Å². The van der Waals surface area contributed by atoms with Crippen molar-refractivity contribution in [1.29, 1.82) is 0 Å². The molecule has 0 atom stereocenters.